The second-order valence-electron chi connectivity index (χ2n) is 5.86. The fourth-order valence-corrected chi connectivity index (χ4v) is 2.91. The van der Waals surface area contributed by atoms with Crippen molar-refractivity contribution in [3.63, 3.8) is 0 Å². The number of carbonyl (C=O) groups excluding carboxylic acids is 1. The van der Waals surface area contributed by atoms with Gasteiger partial charge >= 0.3 is 0 Å². The largest absolute Gasteiger partial charge is 0.390 e. The molecule has 0 spiro atoms. The smallest absolute Gasteiger partial charge is 0.120 e. The predicted octanol–water partition coefficient (Wildman–Crippen LogP) is 2.78. The molecular weight excluding hydrogens is 274 g/mol. The van der Waals surface area contributed by atoms with Crippen molar-refractivity contribution in [2.75, 3.05) is 25.5 Å². The topological polar surface area (TPSA) is 44.4 Å². The predicted molar refractivity (Wildman–Crippen MR) is 91.9 cm³/mol. The van der Waals surface area contributed by atoms with Gasteiger partial charge in [-0.25, -0.2) is 0 Å². The minimum Gasteiger partial charge on any atom is -0.390 e. The van der Waals surface area contributed by atoms with E-state index in [-0.39, 0.29) is 6.04 Å². The molecule has 0 bridgehead atoms. The van der Waals surface area contributed by atoms with Crippen LogP contribution in [0.2, 0.25) is 0 Å². The molecule has 120 valence electrons. The van der Waals surface area contributed by atoms with Gasteiger partial charge in [0.1, 0.15) is 6.29 Å². The quantitative estimate of drug-likeness (QED) is 0.688. The summed E-state index contributed by atoms with van der Waals surface area (Å²) in [6, 6.07) is 8.50. The number of anilines is 1. The number of para-hydroxylation sites is 1. The summed E-state index contributed by atoms with van der Waals surface area (Å²) < 4.78 is 0. The summed E-state index contributed by atoms with van der Waals surface area (Å²) in [7, 11) is 1.87. The monoisotopic (exact) mass is 301 g/mol. The first-order chi connectivity index (χ1) is 10.7. The van der Waals surface area contributed by atoms with Gasteiger partial charge in [0.05, 0.1) is 6.04 Å². The normalized spacial score (nSPS) is 16.2. The van der Waals surface area contributed by atoms with E-state index >= 15 is 0 Å². The molecule has 22 heavy (non-hydrogen) atoms. The van der Waals surface area contributed by atoms with Crippen LogP contribution in [0, 0.1) is 0 Å². The molecule has 4 heteroatoms. The van der Waals surface area contributed by atoms with E-state index in [1.165, 1.54) is 31.5 Å². The van der Waals surface area contributed by atoms with Crippen LogP contribution in [0.15, 0.2) is 36.5 Å². The Hall–Kier alpha value is -1.81. The zero-order valence-electron chi connectivity index (χ0n) is 13.5. The highest BCUT2D eigenvalue weighted by atomic mass is 16.1. The van der Waals surface area contributed by atoms with E-state index in [0.717, 1.165) is 30.6 Å². The van der Waals surface area contributed by atoms with E-state index < -0.39 is 0 Å². The van der Waals surface area contributed by atoms with Gasteiger partial charge in [-0.15, -0.1) is 0 Å². The van der Waals surface area contributed by atoms with Gasteiger partial charge in [-0.2, -0.15) is 0 Å². The van der Waals surface area contributed by atoms with Crippen molar-refractivity contribution >= 4 is 12.0 Å². The number of carbonyl (C=O) groups is 1. The second kappa shape index (κ2) is 8.59. The van der Waals surface area contributed by atoms with Crippen molar-refractivity contribution in [2.45, 2.75) is 38.3 Å². The van der Waals surface area contributed by atoms with Gasteiger partial charge in [0, 0.05) is 31.4 Å². The van der Waals surface area contributed by atoms with Crippen molar-refractivity contribution in [3.05, 3.63) is 42.1 Å². The molecule has 1 heterocycles. The van der Waals surface area contributed by atoms with Gasteiger partial charge in [0.15, 0.2) is 0 Å². The third-order valence-electron chi connectivity index (χ3n) is 4.25. The lowest BCUT2D eigenvalue weighted by Crippen LogP contribution is -2.29. The number of nitrogens with one attached hydrogen (secondary N) is 2. The van der Waals surface area contributed by atoms with Gasteiger partial charge in [-0.3, -0.25) is 4.90 Å². The molecule has 0 radical (unpaired) electrons. The third kappa shape index (κ3) is 4.60. The molecule has 1 aromatic rings. The van der Waals surface area contributed by atoms with Crippen LogP contribution in [-0.2, 0) is 11.3 Å². The Balaban J connectivity index is 2.08. The van der Waals surface area contributed by atoms with Crippen LogP contribution in [0.5, 0.6) is 0 Å². The van der Waals surface area contributed by atoms with Crippen molar-refractivity contribution in [1.29, 1.82) is 0 Å². The van der Waals surface area contributed by atoms with Gasteiger partial charge in [0.25, 0.3) is 0 Å². The van der Waals surface area contributed by atoms with Crippen LogP contribution in [0.1, 0.15) is 31.2 Å². The zero-order chi connectivity index (χ0) is 15.8. The number of aldehydes is 1. The van der Waals surface area contributed by atoms with Crippen LogP contribution in [0.25, 0.3) is 0 Å². The number of nitrogens with zero attached hydrogens (tertiary/aromatic N) is 1. The molecule has 1 atom stereocenters. The number of likely N-dealkylation sites (N-methyl/N-ethyl adjacent to an activating group) is 1. The van der Waals surface area contributed by atoms with E-state index in [9.17, 15) is 4.79 Å². The number of likely N-dealkylation sites (tertiary alicyclic amines) is 1. The molecule has 1 fully saturated rings. The zero-order valence-corrected chi connectivity index (χ0v) is 13.5. The van der Waals surface area contributed by atoms with Crippen LogP contribution in [-0.4, -0.2) is 37.4 Å². The molecular formula is C18H27N3O. The standard InChI is InChI=1S/C18H27N3O/c1-15(19-2)17(10-7-13-22)20-18-9-4-3-8-16(18)14-21-11-5-6-12-21/h3-4,8-9,13,17,19-20H,1,5-7,10-12,14H2,2H3. The average molecular weight is 301 g/mol. The van der Waals surface area contributed by atoms with Gasteiger partial charge in [-0.1, -0.05) is 24.8 Å². The molecule has 1 unspecified atom stereocenters. The summed E-state index contributed by atoms with van der Waals surface area (Å²) >= 11 is 0. The first-order valence-electron chi connectivity index (χ1n) is 8.11. The highest BCUT2D eigenvalue weighted by molar-refractivity contribution is 5.54. The minimum absolute atomic E-state index is 0.0647. The van der Waals surface area contributed by atoms with Gasteiger partial charge in [-0.05, 0) is 44.0 Å². The summed E-state index contributed by atoms with van der Waals surface area (Å²) in [5.41, 5.74) is 3.36. The maximum atomic E-state index is 10.7. The summed E-state index contributed by atoms with van der Waals surface area (Å²) in [5.74, 6) is 0. The first-order valence-corrected chi connectivity index (χ1v) is 8.11. The summed E-state index contributed by atoms with van der Waals surface area (Å²) in [6.07, 6.45) is 4.85. The summed E-state index contributed by atoms with van der Waals surface area (Å²) in [4.78, 5) is 13.2. The molecule has 4 nitrogen and oxygen atoms in total. The molecule has 1 aliphatic heterocycles. The third-order valence-corrected chi connectivity index (χ3v) is 4.25. The molecule has 0 aromatic heterocycles. The van der Waals surface area contributed by atoms with Crippen molar-refractivity contribution < 1.29 is 4.79 Å². The van der Waals surface area contributed by atoms with Crippen molar-refractivity contribution in [1.82, 2.24) is 10.2 Å². The second-order valence-corrected chi connectivity index (χ2v) is 5.86. The van der Waals surface area contributed by atoms with E-state index in [1.807, 2.05) is 7.05 Å². The van der Waals surface area contributed by atoms with Crippen LogP contribution in [0.3, 0.4) is 0 Å². The van der Waals surface area contributed by atoms with Gasteiger partial charge in [0.2, 0.25) is 0 Å². The van der Waals surface area contributed by atoms with E-state index in [0.29, 0.717) is 6.42 Å². The molecule has 2 N–H and O–H groups in total. The number of rotatable bonds is 9. The highest BCUT2D eigenvalue weighted by Gasteiger charge is 2.16. The lowest BCUT2D eigenvalue weighted by molar-refractivity contribution is -0.107. The van der Waals surface area contributed by atoms with Crippen molar-refractivity contribution in [2.24, 2.45) is 0 Å². The van der Waals surface area contributed by atoms with Gasteiger partial charge < -0.3 is 15.4 Å². The maximum absolute atomic E-state index is 10.7. The first kappa shape index (κ1) is 16.6. The van der Waals surface area contributed by atoms with Crippen LogP contribution >= 0.6 is 0 Å². The lowest BCUT2D eigenvalue weighted by Gasteiger charge is -2.24. The Labute approximate surface area is 133 Å². The Morgan fingerprint density at radius 3 is 2.77 bits per heavy atom. The summed E-state index contributed by atoms with van der Waals surface area (Å²) in [6.45, 7) is 7.41. The number of hydrogen-bond donors (Lipinski definition) is 2. The molecule has 1 aliphatic rings. The molecule has 1 aromatic carbocycles. The minimum atomic E-state index is 0.0647. The Morgan fingerprint density at radius 2 is 2.09 bits per heavy atom. The Bertz CT molecular complexity index is 495. The molecule has 0 amide bonds. The molecule has 0 aliphatic carbocycles. The lowest BCUT2D eigenvalue weighted by atomic mass is 10.1. The molecule has 0 saturated carbocycles. The molecule has 1 saturated heterocycles. The van der Waals surface area contributed by atoms with Crippen LogP contribution in [0.4, 0.5) is 5.69 Å². The number of hydrogen-bond acceptors (Lipinski definition) is 4. The maximum Gasteiger partial charge on any atom is 0.120 e. The SMILES string of the molecule is C=C(NC)C(CCC=O)Nc1ccccc1CN1CCCC1. The average Bonchev–Trinajstić information content (AvgIpc) is 3.05. The summed E-state index contributed by atoms with van der Waals surface area (Å²) in [5, 5.41) is 6.66. The fraction of sp³-hybridized carbons (Fsp3) is 0.500. The van der Waals surface area contributed by atoms with E-state index in [2.05, 4.69) is 46.4 Å². The highest BCUT2D eigenvalue weighted by Crippen LogP contribution is 2.22. The van der Waals surface area contributed by atoms with E-state index in [1.54, 1.807) is 0 Å². The van der Waals surface area contributed by atoms with E-state index in [4.69, 9.17) is 0 Å². The van der Waals surface area contributed by atoms with Crippen molar-refractivity contribution in [3.8, 4) is 0 Å². The Kier molecular flexibility index (Phi) is 6.46. The number of benzene rings is 1. The fourth-order valence-electron chi connectivity index (χ4n) is 2.91. The Morgan fingerprint density at radius 1 is 1.36 bits per heavy atom. The van der Waals surface area contributed by atoms with Crippen LogP contribution < -0.4 is 10.6 Å². The molecule has 2 rings (SSSR count).